The zero-order valence-corrected chi connectivity index (χ0v) is 19.2. The average Bonchev–Trinajstić information content (AvgIpc) is 3.38. The van der Waals surface area contributed by atoms with Crippen molar-refractivity contribution in [3.63, 3.8) is 0 Å². The van der Waals surface area contributed by atoms with Crippen LogP contribution in [-0.4, -0.2) is 38.0 Å². The van der Waals surface area contributed by atoms with E-state index in [-0.39, 0.29) is 23.3 Å². The van der Waals surface area contributed by atoms with E-state index in [2.05, 4.69) is 34.3 Å². The van der Waals surface area contributed by atoms with Gasteiger partial charge in [0.15, 0.2) is 22.2 Å². The summed E-state index contributed by atoms with van der Waals surface area (Å²) in [5.74, 6) is 2.06. The Hall–Kier alpha value is -2.59. The zero-order chi connectivity index (χ0) is 21.7. The van der Waals surface area contributed by atoms with Gasteiger partial charge in [-0.25, -0.2) is 4.98 Å². The average molecular weight is 448 g/mol. The lowest BCUT2D eigenvalue weighted by molar-refractivity contribution is -0.115. The van der Waals surface area contributed by atoms with Crippen LogP contribution in [0.25, 0.3) is 0 Å². The summed E-state index contributed by atoms with van der Waals surface area (Å²) in [6.07, 6.45) is 1.34. The molecule has 160 valence electrons. The van der Waals surface area contributed by atoms with Gasteiger partial charge in [0.2, 0.25) is 5.91 Å². The number of benzene rings is 1. The van der Waals surface area contributed by atoms with E-state index in [1.165, 1.54) is 23.1 Å². The van der Waals surface area contributed by atoms with Gasteiger partial charge in [-0.2, -0.15) is 0 Å². The molecule has 1 aromatic carbocycles. The Morgan fingerprint density at radius 1 is 1.13 bits per heavy atom. The maximum absolute atomic E-state index is 12.5. The minimum atomic E-state index is -0.360. The maximum atomic E-state index is 12.5. The molecule has 10 heteroatoms. The summed E-state index contributed by atoms with van der Waals surface area (Å²) in [6.45, 7) is 7.87. The molecule has 0 aliphatic heterocycles. The lowest BCUT2D eigenvalue weighted by atomic mass is 10.3. The number of amides is 1. The van der Waals surface area contributed by atoms with Crippen molar-refractivity contribution in [1.82, 2.24) is 19.7 Å². The molecule has 0 saturated carbocycles. The Morgan fingerprint density at radius 2 is 1.83 bits per heavy atom. The number of rotatable bonds is 9. The summed E-state index contributed by atoms with van der Waals surface area (Å²) >= 11 is 2.74. The van der Waals surface area contributed by atoms with Crippen molar-refractivity contribution < 1.29 is 14.3 Å². The first-order chi connectivity index (χ1) is 14.4. The summed E-state index contributed by atoms with van der Waals surface area (Å²) in [6, 6.07) is 7.50. The van der Waals surface area contributed by atoms with Crippen LogP contribution in [0.1, 0.15) is 45.7 Å². The molecule has 2 unspecified atom stereocenters. The second kappa shape index (κ2) is 9.94. The molecule has 1 N–H and O–H groups in total. The van der Waals surface area contributed by atoms with Crippen molar-refractivity contribution in [2.24, 2.45) is 0 Å². The molecule has 30 heavy (non-hydrogen) atoms. The van der Waals surface area contributed by atoms with Crippen molar-refractivity contribution in [2.45, 2.75) is 50.2 Å². The molecule has 0 radical (unpaired) electrons. The number of thiazole rings is 1. The van der Waals surface area contributed by atoms with E-state index in [0.717, 1.165) is 5.75 Å². The third kappa shape index (κ3) is 5.31. The number of carbonyl (C=O) groups is 1. The number of methoxy groups -OCH3 is 1. The highest BCUT2D eigenvalue weighted by atomic mass is 32.2. The first-order valence-corrected chi connectivity index (χ1v) is 11.3. The van der Waals surface area contributed by atoms with E-state index in [0.29, 0.717) is 21.9 Å². The van der Waals surface area contributed by atoms with E-state index in [1.54, 1.807) is 13.3 Å². The van der Waals surface area contributed by atoms with Crippen LogP contribution < -0.4 is 14.8 Å². The van der Waals surface area contributed by atoms with Crippen molar-refractivity contribution in [3.8, 4) is 11.5 Å². The number of ether oxygens (including phenoxy) is 2. The fourth-order valence-electron chi connectivity index (χ4n) is 2.75. The molecule has 0 aliphatic carbocycles. The largest absolute Gasteiger partial charge is 0.497 e. The zero-order valence-electron chi connectivity index (χ0n) is 17.5. The second-order valence-corrected chi connectivity index (χ2v) is 9.03. The Bertz CT molecular complexity index is 957. The van der Waals surface area contributed by atoms with Crippen LogP contribution in [0.5, 0.6) is 11.5 Å². The normalized spacial score (nSPS) is 13.1. The van der Waals surface area contributed by atoms with Crippen LogP contribution >= 0.6 is 23.1 Å². The molecular formula is C20H25N5O3S2. The molecule has 1 amide bonds. The van der Waals surface area contributed by atoms with E-state index in [9.17, 15) is 4.79 Å². The molecule has 0 fully saturated rings. The molecule has 0 bridgehead atoms. The van der Waals surface area contributed by atoms with Gasteiger partial charge in [0.05, 0.1) is 12.4 Å². The Morgan fingerprint density at radius 3 is 2.43 bits per heavy atom. The van der Waals surface area contributed by atoms with Gasteiger partial charge in [0.1, 0.15) is 11.5 Å². The molecule has 2 aromatic heterocycles. The first kappa shape index (κ1) is 22.1. The molecule has 8 nitrogen and oxygen atoms in total. The van der Waals surface area contributed by atoms with Gasteiger partial charge in [-0.15, -0.1) is 21.5 Å². The highest BCUT2D eigenvalue weighted by Crippen LogP contribution is 2.30. The maximum Gasteiger partial charge on any atom is 0.239 e. The van der Waals surface area contributed by atoms with Crippen LogP contribution in [0.3, 0.4) is 0 Å². The van der Waals surface area contributed by atoms with E-state index in [1.807, 2.05) is 48.1 Å². The van der Waals surface area contributed by atoms with Crippen LogP contribution in [0.2, 0.25) is 0 Å². The van der Waals surface area contributed by atoms with E-state index < -0.39 is 0 Å². The van der Waals surface area contributed by atoms with Gasteiger partial charge in [-0.3, -0.25) is 4.79 Å². The molecule has 0 aliphatic rings. The quantitative estimate of drug-likeness (QED) is 0.480. The van der Waals surface area contributed by atoms with Crippen molar-refractivity contribution >= 4 is 34.1 Å². The topological polar surface area (TPSA) is 91.2 Å². The number of anilines is 1. The van der Waals surface area contributed by atoms with Crippen molar-refractivity contribution in [2.75, 3.05) is 12.4 Å². The third-order valence-electron chi connectivity index (χ3n) is 4.26. The van der Waals surface area contributed by atoms with Gasteiger partial charge in [-0.1, -0.05) is 11.8 Å². The molecular weight excluding hydrogens is 422 g/mol. The number of carbonyl (C=O) groups excluding carboxylic acids is 1. The number of thioether (sulfide) groups is 1. The van der Waals surface area contributed by atoms with Gasteiger partial charge in [0.25, 0.3) is 0 Å². The smallest absolute Gasteiger partial charge is 0.239 e. The summed E-state index contributed by atoms with van der Waals surface area (Å²) < 4.78 is 13.2. The Balaban J connectivity index is 1.72. The number of hydrogen-bond acceptors (Lipinski definition) is 8. The van der Waals surface area contributed by atoms with Crippen molar-refractivity contribution in [1.29, 1.82) is 0 Å². The minimum absolute atomic E-state index is 0.105. The minimum Gasteiger partial charge on any atom is -0.497 e. The second-order valence-electron chi connectivity index (χ2n) is 6.83. The van der Waals surface area contributed by atoms with Crippen LogP contribution in [0.4, 0.5) is 5.13 Å². The van der Waals surface area contributed by atoms with Crippen LogP contribution in [-0.2, 0) is 4.79 Å². The van der Waals surface area contributed by atoms with Gasteiger partial charge < -0.3 is 19.4 Å². The van der Waals surface area contributed by atoms with Gasteiger partial charge in [-0.05, 0) is 52.0 Å². The predicted molar refractivity (Wildman–Crippen MR) is 119 cm³/mol. The van der Waals surface area contributed by atoms with E-state index >= 15 is 0 Å². The standard InChI is InChI=1S/C20H25N5O3S2/c1-12(2)25-17(13(3)28-16-8-6-15(27-5)7-9-16)23-24-20(25)30-14(4)18(26)22-19-21-10-11-29-19/h6-14H,1-5H3,(H,21,22,26). The fraction of sp³-hybridized carbons (Fsp3) is 0.400. The molecule has 0 saturated heterocycles. The number of nitrogens with zero attached hydrogens (tertiary/aromatic N) is 4. The first-order valence-electron chi connectivity index (χ1n) is 9.51. The SMILES string of the molecule is COc1ccc(OC(C)c2nnc(SC(C)C(=O)Nc3nccs3)n2C(C)C)cc1. The summed E-state index contributed by atoms with van der Waals surface area (Å²) in [4.78, 5) is 16.6. The molecule has 2 atom stereocenters. The van der Waals surface area contributed by atoms with Crippen LogP contribution in [0, 0.1) is 0 Å². The van der Waals surface area contributed by atoms with Gasteiger partial charge in [0, 0.05) is 17.6 Å². The summed E-state index contributed by atoms with van der Waals surface area (Å²) in [5, 5.41) is 14.2. The molecule has 3 aromatic rings. The fourth-order valence-corrected chi connectivity index (χ4v) is 4.27. The number of nitrogens with one attached hydrogen (secondary N) is 1. The Labute approximate surface area is 184 Å². The third-order valence-corrected chi connectivity index (χ3v) is 6.00. The Kier molecular flexibility index (Phi) is 7.33. The molecule has 2 heterocycles. The van der Waals surface area contributed by atoms with Crippen LogP contribution in [0.15, 0.2) is 41.0 Å². The van der Waals surface area contributed by atoms with Gasteiger partial charge >= 0.3 is 0 Å². The molecule has 0 spiro atoms. The molecule has 3 rings (SSSR count). The van der Waals surface area contributed by atoms with E-state index in [4.69, 9.17) is 9.47 Å². The summed E-state index contributed by atoms with van der Waals surface area (Å²) in [7, 11) is 1.63. The predicted octanol–water partition coefficient (Wildman–Crippen LogP) is 4.58. The summed E-state index contributed by atoms with van der Waals surface area (Å²) in [5.41, 5.74) is 0. The lowest BCUT2D eigenvalue weighted by Crippen LogP contribution is -2.23. The van der Waals surface area contributed by atoms with Crippen molar-refractivity contribution in [3.05, 3.63) is 41.7 Å². The highest BCUT2D eigenvalue weighted by molar-refractivity contribution is 8.00. The number of aromatic nitrogens is 4. The monoisotopic (exact) mass is 447 g/mol. The number of hydrogen-bond donors (Lipinski definition) is 1. The lowest BCUT2D eigenvalue weighted by Gasteiger charge is -2.19. The highest BCUT2D eigenvalue weighted by Gasteiger charge is 2.25.